The van der Waals surface area contributed by atoms with Gasteiger partial charge in [-0.1, -0.05) is 54.6 Å². The van der Waals surface area contributed by atoms with Crippen LogP contribution < -0.4 is 5.32 Å². The number of carboxylic acids is 1. The van der Waals surface area contributed by atoms with Gasteiger partial charge in [0.1, 0.15) is 0 Å². The second-order valence-electron chi connectivity index (χ2n) is 11.1. The number of amides is 1. The van der Waals surface area contributed by atoms with Crippen LogP contribution in [0.5, 0.6) is 0 Å². The molecule has 6 nitrogen and oxygen atoms in total. The Morgan fingerprint density at radius 2 is 1.63 bits per heavy atom. The summed E-state index contributed by atoms with van der Waals surface area (Å²) >= 11 is 0. The maximum absolute atomic E-state index is 13.7. The van der Waals surface area contributed by atoms with Crippen molar-refractivity contribution in [3.63, 3.8) is 0 Å². The number of pyridine rings is 1. The maximum Gasteiger partial charge on any atom is 0.309 e. The van der Waals surface area contributed by atoms with Crippen LogP contribution in [0.1, 0.15) is 35.3 Å². The van der Waals surface area contributed by atoms with E-state index >= 15 is 0 Å². The zero-order chi connectivity index (χ0) is 25.9. The van der Waals surface area contributed by atoms with Gasteiger partial charge in [0.25, 0.3) is 5.91 Å². The summed E-state index contributed by atoms with van der Waals surface area (Å²) < 4.78 is 2.09. The summed E-state index contributed by atoms with van der Waals surface area (Å²) in [5.74, 6) is -0.837. The molecule has 3 aliphatic rings. The van der Waals surface area contributed by atoms with Crippen molar-refractivity contribution in [3.05, 3.63) is 102 Å². The van der Waals surface area contributed by atoms with E-state index in [0.29, 0.717) is 37.9 Å². The SMILES string of the molecule is O=C(NCC12CC(C(=O)O)(C1)C2)c1cc(-c2ccccc2)cc2ccn(Cc3ccc4ccccc4n3)c12. The molecule has 2 N–H and O–H groups in total. The summed E-state index contributed by atoms with van der Waals surface area (Å²) in [6, 6.07) is 28.4. The van der Waals surface area contributed by atoms with E-state index in [1.165, 1.54) is 0 Å². The van der Waals surface area contributed by atoms with Crippen LogP contribution in [-0.4, -0.2) is 33.1 Å². The van der Waals surface area contributed by atoms with Gasteiger partial charge >= 0.3 is 5.97 Å². The lowest BCUT2D eigenvalue weighted by atomic mass is 9.35. The van der Waals surface area contributed by atoms with Gasteiger partial charge in [-0.25, -0.2) is 0 Å². The molecule has 0 spiro atoms. The lowest BCUT2D eigenvalue weighted by molar-refractivity contribution is -0.219. The van der Waals surface area contributed by atoms with Crippen molar-refractivity contribution in [1.29, 1.82) is 0 Å². The minimum Gasteiger partial charge on any atom is -0.481 e. The summed E-state index contributed by atoms with van der Waals surface area (Å²) in [5, 5.41) is 14.7. The lowest BCUT2D eigenvalue weighted by Gasteiger charge is -2.68. The average Bonchev–Trinajstić information content (AvgIpc) is 3.29. The number of nitrogens with zero attached hydrogens (tertiary/aromatic N) is 2. The van der Waals surface area contributed by atoms with E-state index in [-0.39, 0.29) is 11.3 Å². The second-order valence-corrected chi connectivity index (χ2v) is 11.1. The van der Waals surface area contributed by atoms with E-state index in [1.54, 1.807) is 0 Å². The Hall–Kier alpha value is -4.45. The van der Waals surface area contributed by atoms with Gasteiger partial charge in [-0.3, -0.25) is 14.6 Å². The summed E-state index contributed by atoms with van der Waals surface area (Å²) in [7, 11) is 0. The van der Waals surface area contributed by atoms with Gasteiger partial charge in [0.2, 0.25) is 0 Å². The highest BCUT2D eigenvalue weighted by Gasteiger charge is 2.71. The van der Waals surface area contributed by atoms with Crippen LogP contribution in [0.25, 0.3) is 32.9 Å². The second kappa shape index (κ2) is 8.28. The maximum atomic E-state index is 13.7. The molecule has 8 rings (SSSR count). The van der Waals surface area contributed by atoms with Crippen LogP contribution in [0.3, 0.4) is 0 Å². The van der Waals surface area contributed by atoms with E-state index in [2.05, 4.69) is 34.1 Å². The number of para-hydroxylation sites is 1. The number of nitrogens with one attached hydrogen (secondary N) is 1. The molecule has 5 aromatic rings. The number of hydrogen-bond donors (Lipinski definition) is 2. The number of aromatic nitrogens is 2. The molecule has 38 heavy (non-hydrogen) atoms. The van der Waals surface area contributed by atoms with Gasteiger partial charge in [0, 0.05) is 23.5 Å². The Balaban J connectivity index is 1.23. The molecule has 0 saturated heterocycles. The predicted octanol–water partition coefficient (Wildman–Crippen LogP) is 5.89. The number of aliphatic carboxylic acids is 1. The molecule has 0 atom stereocenters. The Labute approximate surface area is 219 Å². The minimum atomic E-state index is -0.705. The third kappa shape index (κ3) is 3.59. The van der Waals surface area contributed by atoms with E-state index in [4.69, 9.17) is 4.98 Å². The molecule has 1 amide bonds. The van der Waals surface area contributed by atoms with Crippen molar-refractivity contribution in [2.45, 2.75) is 25.8 Å². The smallest absolute Gasteiger partial charge is 0.309 e. The fourth-order valence-corrected chi connectivity index (χ4v) is 6.60. The minimum absolute atomic E-state index is 0.0682. The molecule has 3 fully saturated rings. The van der Waals surface area contributed by atoms with Crippen LogP contribution in [-0.2, 0) is 11.3 Å². The largest absolute Gasteiger partial charge is 0.481 e. The van der Waals surface area contributed by atoms with E-state index in [9.17, 15) is 14.7 Å². The molecule has 0 unspecified atom stereocenters. The average molecular weight is 502 g/mol. The van der Waals surface area contributed by atoms with Crippen LogP contribution in [0, 0.1) is 10.8 Å². The van der Waals surface area contributed by atoms with Gasteiger partial charge in [0.15, 0.2) is 0 Å². The van der Waals surface area contributed by atoms with Crippen molar-refractivity contribution >= 4 is 33.7 Å². The monoisotopic (exact) mass is 501 g/mol. The Kier molecular flexibility index (Phi) is 4.95. The van der Waals surface area contributed by atoms with Crippen molar-refractivity contribution < 1.29 is 14.7 Å². The number of carbonyl (C=O) groups excluding carboxylic acids is 1. The highest BCUT2D eigenvalue weighted by Crippen LogP contribution is 2.73. The van der Waals surface area contributed by atoms with Crippen LogP contribution in [0.2, 0.25) is 0 Å². The Morgan fingerprint density at radius 3 is 2.42 bits per heavy atom. The Bertz CT molecular complexity index is 1720. The summed E-state index contributed by atoms with van der Waals surface area (Å²) in [6.07, 6.45) is 3.97. The molecule has 3 saturated carbocycles. The Morgan fingerprint density at radius 1 is 0.868 bits per heavy atom. The van der Waals surface area contributed by atoms with Gasteiger partial charge in [-0.2, -0.15) is 0 Å². The molecule has 3 aromatic carbocycles. The molecular weight excluding hydrogens is 474 g/mol. The fourth-order valence-electron chi connectivity index (χ4n) is 6.60. The van der Waals surface area contributed by atoms with E-state index in [1.807, 2.05) is 66.9 Å². The number of carbonyl (C=O) groups is 2. The molecule has 6 heteroatoms. The van der Waals surface area contributed by atoms with Gasteiger partial charge in [-0.15, -0.1) is 0 Å². The van der Waals surface area contributed by atoms with Crippen LogP contribution in [0.4, 0.5) is 0 Å². The molecular formula is C32H27N3O3. The quantitative estimate of drug-likeness (QED) is 0.291. The van der Waals surface area contributed by atoms with Crippen molar-refractivity contribution in [2.24, 2.45) is 10.8 Å². The molecule has 2 heterocycles. The number of hydrogen-bond acceptors (Lipinski definition) is 3. The number of fused-ring (bicyclic) bond motifs is 2. The predicted molar refractivity (Wildman–Crippen MR) is 147 cm³/mol. The van der Waals surface area contributed by atoms with Crippen molar-refractivity contribution in [2.75, 3.05) is 6.54 Å². The fraction of sp³-hybridized carbons (Fsp3) is 0.219. The lowest BCUT2D eigenvalue weighted by Crippen LogP contribution is -2.68. The van der Waals surface area contributed by atoms with Crippen LogP contribution in [0.15, 0.2) is 91.1 Å². The topological polar surface area (TPSA) is 84.2 Å². The van der Waals surface area contributed by atoms with E-state index in [0.717, 1.165) is 38.6 Å². The first kappa shape index (κ1) is 22.7. The number of benzene rings is 3. The number of rotatable bonds is 7. The molecule has 0 aliphatic heterocycles. The molecule has 0 radical (unpaired) electrons. The van der Waals surface area contributed by atoms with Gasteiger partial charge in [-0.05, 0) is 66.1 Å². The normalized spacial score (nSPS) is 21.6. The zero-order valence-electron chi connectivity index (χ0n) is 20.9. The van der Waals surface area contributed by atoms with E-state index < -0.39 is 11.4 Å². The van der Waals surface area contributed by atoms with Gasteiger partial charge in [0.05, 0.1) is 34.3 Å². The highest BCUT2D eigenvalue weighted by atomic mass is 16.4. The van der Waals surface area contributed by atoms with Crippen molar-refractivity contribution in [3.8, 4) is 11.1 Å². The summed E-state index contributed by atoms with van der Waals surface area (Å²) in [6.45, 7) is 1.05. The standard InChI is InChI=1S/C32H27N3O3/c36-29(33-20-31-17-32(18-31,19-31)30(37)38)26-15-24(21-6-2-1-3-7-21)14-23-12-13-35(28(23)26)16-25-11-10-22-8-4-5-9-27(22)34-25/h1-15H,16-20H2,(H,33,36)(H,37,38). The molecule has 2 aromatic heterocycles. The van der Waals surface area contributed by atoms with Crippen LogP contribution >= 0.6 is 0 Å². The first-order valence-corrected chi connectivity index (χ1v) is 13.0. The molecule has 2 bridgehead atoms. The number of carboxylic acid groups (broad SMARTS) is 1. The van der Waals surface area contributed by atoms with Gasteiger partial charge < -0.3 is 15.0 Å². The highest BCUT2D eigenvalue weighted by molar-refractivity contribution is 6.08. The first-order valence-electron chi connectivity index (χ1n) is 13.0. The zero-order valence-corrected chi connectivity index (χ0v) is 20.9. The summed E-state index contributed by atoms with van der Waals surface area (Å²) in [4.78, 5) is 30.0. The molecule has 188 valence electrons. The van der Waals surface area contributed by atoms with Crippen molar-refractivity contribution in [1.82, 2.24) is 14.9 Å². The summed E-state index contributed by atoms with van der Waals surface area (Å²) in [5.41, 5.74) is 4.78. The first-order chi connectivity index (χ1) is 18.4. The third-order valence-electron chi connectivity index (χ3n) is 8.42. The third-order valence-corrected chi connectivity index (χ3v) is 8.42. The molecule has 3 aliphatic carbocycles.